The van der Waals surface area contributed by atoms with Gasteiger partial charge in [-0.15, -0.1) is 0 Å². The molecule has 108 valence electrons. The van der Waals surface area contributed by atoms with Gasteiger partial charge in [0.1, 0.15) is 11.5 Å². The van der Waals surface area contributed by atoms with Crippen molar-refractivity contribution in [2.75, 3.05) is 20.8 Å². The summed E-state index contributed by atoms with van der Waals surface area (Å²) in [5, 5.41) is 13.4. The van der Waals surface area contributed by atoms with E-state index >= 15 is 0 Å². The van der Waals surface area contributed by atoms with Crippen molar-refractivity contribution in [3.8, 4) is 11.5 Å². The maximum atomic E-state index is 9.95. The number of aromatic hydroxyl groups is 1. The van der Waals surface area contributed by atoms with Gasteiger partial charge in [-0.2, -0.15) is 0 Å². The topological polar surface area (TPSA) is 50.7 Å². The van der Waals surface area contributed by atoms with E-state index < -0.39 is 0 Å². The Morgan fingerprint density at radius 2 is 2.05 bits per heavy atom. The third-order valence-corrected chi connectivity index (χ3v) is 3.19. The van der Waals surface area contributed by atoms with Gasteiger partial charge in [0.05, 0.1) is 13.7 Å². The lowest BCUT2D eigenvalue weighted by Crippen LogP contribution is -2.35. The molecule has 0 bridgehead atoms. The molecule has 2 atom stereocenters. The van der Waals surface area contributed by atoms with E-state index in [-0.39, 0.29) is 17.8 Å². The predicted octanol–water partition coefficient (Wildman–Crippen LogP) is 2.87. The molecule has 0 amide bonds. The van der Waals surface area contributed by atoms with Crippen LogP contribution in [-0.2, 0) is 4.74 Å². The summed E-state index contributed by atoms with van der Waals surface area (Å²) < 4.78 is 10.4. The Morgan fingerprint density at radius 3 is 2.63 bits per heavy atom. The zero-order valence-electron chi connectivity index (χ0n) is 12.3. The molecule has 4 nitrogen and oxygen atoms in total. The molecule has 0 aliphatic carbocycles. The molecule has 0 spiro atoms. The van der Waals surface area contributed by atoms with Crippen LogP contribution in [0.2, 0.25) is 0 Å². The van der Waals surface area contributed by atoms with Crippen LogP contribution in [0.4, 0.5) is 0 Å². The lowest BCUT2D eigenvalue weighted by molar-refractivity contribution is 0.156. The first-order chi connectivity index (χ1) is 9.12. The molecule has 2 N–H and O–H groups in total. The van der Waals surface area contributed by atoms with Crippen LogP contribution in [0.5, 0.6) is 11.5 Å². The van der Waals surface area contributed by atoms with Crippen molar-refractivity contribution >= 4 is 0 Å². The first-order valence-corrected chi connectivity index (χ1v) is 6.74. The van der Waals surface area contributed by atoms with Crippen LogP contribution in [0.1, 0.15) is 38.3 Å². The molecule has 0 heterocycles. The summed E-state index contributed by atoms with van der Waals surface area (Å²) in [6.45, 7) is 4.85. The highest BCUT2D eigenvalue weighted by Crippen LogP contribution is 2.28. The average molecular weight is 267 g/mol. The second-order valence-corrected chi connectivity index (χ2v) is 4.75. The average Bonchev–Trinajstić information content (AvgIpc) is 2.39. The molecule has 2 unspecified atom stereocenters. The van der Waals surface area contributed by atoms with E-state index in [4.69, 9.17) is 9.47 Å². The maximum Gasteiger partial charge on any atom is 0.120 e. The van der Waals surface area contributed by atoms with Crippen molar-refractivity contribution in [1.82, 2.24) is 5.32 Å². The number of benzene rings is 1. The summed E-state index contributed by atoms with van der Waals surface area (Å²) in [6.07, 6.45) is 2.14. The number of rotatable bonds is 8. The Bertz CT molecular complexity index is 376. The van der Waals surface area contributed by atoms with Gasteiger partial charge in [-0.05, 0) is 31.5 Å². The van der Waals surface area contributed by atoms with E-state index in [1.807, 2.05) is 13.0 Å². The Morgan fingerprint density at radius 1 is 1.32 bits per heavy atom. The van der Waals surface area contributed by atoms with E-state index in [1.165, 1.54) is 0 Å². The smallest absolute Gasteiger partial charge is 0.120 e. The second kappa shape index (κ2) is 8.02. The van der Waals surface area contributed by atoms with Gasteiger partial charge in [-0.25, -0.2) is 0 Å². The van der Waals surface area contributed by atoms with Gasteiger partial charge in [0.15, 0.2) is 0 Å². The Hall–Kier alpha value is -1.26. The number of nitrogens with one attached hydrogen (secondary N) is 1. The highest BCUT2D eigenvalue weighted by molar-refractivity contribution is 5.41. The van der Waals surface area contributed by atoms with Crippen molar-refractivity contribution in [2.24, 2.45) is 0 Å². The van der Waals surface area contributed by atoms with Crippen molar-refractivity contribution in [2.45, 2.75) is 38.8 Å². The standard InChI is InChI=1S/C15H25NO3/c1-5-6-12(10-18-3)16-11(2)14-9-13(19-4)7-8-15(14)17/h7-9,11-12,16-17H,5-6,10H2,1-4H3. The molecule has 0 saturated carbocycles. The lowest BCUT2D eigenvalue weighted by Gasteiger charge is -2.23. The van der Waals surface area contributed by atoms with Crippen LogP contribution in [-0.4, -0.2) is 32.0 Å². The Kier molecular flexibility index (Phi) is 6.67. The number of methoxy groups -OCH3 is 2. The van der Waals surface area contributed by atoms with Crippen LogP contribution in [0.25, 0.3) is 0 Å². The summed E-state index contributed by atoms with van der Waals surface area (Å²) in [7, 11) is 3.33. The molecule has 19 heavy (non-hydrogen) atoms. The molecule has 0 aromatic heterocycles. The van der Waals surface area contributed by atoms with E-state index in [2.05, 4.69) is 12.2 Å². The van der Waals surface area contributed by atoms with E-state index in [1.54, 1.807) is 26.4 Å². The van der Waals surface area contributed by atoms with E-state index in [0.717, 1.165) is 24.2 Å². The van der Waals surface area contributed by atoms with E-state index in [0.29, 0.717) is 6.61 Å². The minimum Gasteiger partial charge on any atom is -0.508 e. The van der Waals surface area contributed by atoms with Gasteiger partial charge in [0.2, 0.25) is 0 Å². The SMILES string of the molecule is CCCC(COC)NC(C)c1cc(OC)ccc1O. The van der Waals surface area contributed by atoms with Crippen LogP contribution in [0.3, 0.4) is 0 Å². The number of hydrogen-bond acceptors (Lipinski definition) is 4. The molecule has 4 heteroatoms. The number of ether oxygens (including phenoxy) is 2. The third kappa shape index (κ3) is 4.73. The first kappa shape index (κ1) is 15.8. The van der Waals surface area contributed by atoms with Crippen molar-refractivity contribution in [3.63, 3.8) is 0 Å². The minimum atomic E-state index is 0.0433. The summed E-state index contributed by atoms with van der Waals surface area (Å²) in [5.41, 5.74) is 0.844. The molecular weight excluding hydrogens is 242 g/mol. The summed E-state index contributed by atoms with van der Waals surface area (Å²) in [4.78, 5) is 0. The van der Waals surface area contributed by atoms with Crippen LogP contribution in [0.15, 0.2) is 18.2 Å². The van der Waals surface area contributed by atoms with Gasteiger partial charge in [-0.3, -0.25) is 0 Å². The predicted molar refractivity (Wildman–Crippen MR) is 76.8 cm³/mol. The molecule has 0 aliphatic heterocycles. The zero-order chi connectivity index (χ0) is 14.3. The number of phenols is 1. The molecule has 1 aromatic carbocycles. The fourth-order valence-corrected chi connectivity index (χ4v) is 2.21. The first-order valence-electron chi connectivity index (χ1n) is 6.74. The number of phenolic OH excluding ortho intramolecular Hbond substituents is 1. The van der Waals surface area contributed by atoms with Crippen molar-refractivity contribution in [1.29, 1.82) is 0 Å². The lowest BCUT2D eigenvalue weighted by atomic mass is 10.0. The van der Waals surface area contributed by atoms with Crippen LogP contribution >= 0.6 is 0 Å². The zero-order valence-corrected chi connectivity index (χ0v) is 12.3. The molecule has 0 fully saturated rings. The van der Waals surface area contributed by atoms with Crippen molar-refractivity contribution in [3.05, 3.63) is 23.8 Å². The Balaban J connectivity index is 2.77. The minimum absolute atomic E-state index is 0.0433. The van der Waals surface area contributed by atoms with Crippen molar-refractivity contribution < 1.29 is 14.6 Å². The fourth-order valence-electron chi connectivity index (χ4n) is 2.21. The molecule has 1 aromatic rings. The summed E-state index contributed by atoms with van der Waals surface area (Å²) in [6, 6.07) is 5.61. The van der Waals surface area contributed by atoms with Crippen LogP contribution < -0.4 is 10.1 Å². The highest BCUT2D eigenvalue weighted by Gasteiger charge is 2.16. The van der Waals surface area contributed by atoms with Gasteiger partial charge in [-0.1, -0.05) is 13.3 Å². The largest absolute Gasteiger partial charge is 0.508 e. The maximum absolute atomic E-state index is 9.95. The molecule has 0 saturated heterocycles. The fraction of sp³-hybridized carbons (Fsp3) is 0.600. The quantitative estimate of drug-likeness (QED) is 0.760. The van der Waals surface area contributed by atoms with Gasteiger partial charge in [0.25, 0.3) is 0 Å². The summed E-state index contributed by atoms with van der Waals surface area (Å²) >= 11 is 0. The van der Waals surface area contributed by atoms with Crippen LogP contribution in [0, 0.1) is 0 Å². The van der Waals surface area contributed by atoms with Gasteiger partial charge in [0, 0.05) is 24.8 Å². The Labute approximate surface area is 115 Å². The highest BCUT2D eigenvalue weighted by atomic mass is 16.5. The number of hydrogen-bond donors (Lipinski definition) is 2. The summed E-state index contributed by atoms with van der Waals surface area (Å²) in [5.74, 6) is 1.04. The third-order valence-electron chi connectivity index (χ3n) is 3.19. The van der Waals surface area contributed by atoms with Gasteiger partial charge < -0.3 is 19.9 Å². The normalized spacial score (nSPS) is 14.1. The van der Waals surface area contributed by atoms with Gasteiger partial charge >= 0.3 is 0 Å². The monoisotopic (exact) mass is 267 g/mol. The van der Waals surface area contributed by atoms with E-state index in [9.17, 15) is 5.11 Å². The molecule has 1 rings (SSSR count). The molecule has 0 radical (unpaired) electrons. The molecular formula is C15H25NO3. The molecule has 0 aliphatic rings. The second-order valence-electron chi connectivity index (χ2n) is 4.75.